The Morgan fingerprint density at radius 1 is 1.00 bits per heavy atom. The highest BCUT2D eigenvalue weighted by atomic mass is 16.4. The maximum atomic E-state index is 10.8. The van der Waals surface area contributed by atoms with Crippen molar-refractivity contribution in [2.45, 2.75) is 65.7 Å². The van der Waals surface area contributed by atoms with Crippen molar-refractivity contribution in [3.05, 3.63) is 0 Å². The van der Waals surface area contributed by atoms with Crippen molar-refractivity contribution >= 4 is 5.97 Å². The third-order valence-electron chi connectivity index (χ3n) is 5.94. The number of hydrogen-bond donors (Lipinski definition) is 1. The molecule has 0 spiro atoms. The monoisotopic (exact) mass is 266 g/mol. The molecule has 2 rings (SSSR count). The van der Waals surface area contributed by atoms with E-state index in [0.29, 0.717) is 18.3 Å². The molecule has 0 bridgehead atoms. The molecule has 0 aliphatic heterocycles. The molecule has 0 heterocycles. The molecule has 2 fully saturated rings. The fraction of sp³-hybridized carbons (Fsp3) is 0.941. The molecule has 2 nitrogen and oxygen atoms in total. The number of hydrogen-bond acceptors (Lipinski definition) is 1. The van der Waals surface area contributed by atoms with E-state index in [1.807, 2.05) is 0 Å². The van der Waals surface area contributed by atoms with Gasteiger partial charge < -0.3 is 5.11 Å². The highest BCUT2D eigenvalue weighted by Crippen LogP contribution is 2.48. The van der Waals surface area contributed by atoms with Crippen LogP contribution in [0.1, 0.15) is 65.7 Å². The molecule has 19 heavy (non-hydrogen) atoms. The van der Waals surface area contributed by atoms with Crippen LogP contribution in [0.2, 0.25) is 0 Å². The minimum Gasteiger partial charge on any atom is -0.481 e. The van der Waals surface area contributed by atoms with E-state index in [2.05, 4.69) is 20.8 Å². The van der Waals surface area contributed by atoms with Crippen LogP contribution < -0.4 is 0 Å². The standard InChI is InChI=1S/C17H30O2/c1-11(2)13-4-6-15(9-13)16-7-5-14(10-16)12(3)8-17(18)19/h11-16H,4-10H2,1-3H3,(H,18,19). The third-order valence-corrected chi connectivity index (χ3v) is 5.94. The molecule has 0 aromatic rings. The van der Waals surface area contributed by atoms with Gasteiger partial charge in [-0.2, -0.15) is 0 Å². The third kappa shape index (κ3) is 3.73. The van der Waals surface area contributed by atoms with E-state index in [1.165, 1.54) is 38.5 Å². The number of carboxylic acids is 1. The van der Waals surface area contributed by atoms with Crippen LogP contribution in [0.5, 0.6) is 0 Å². The molecule has 2 saturated carbocycles. The Bertz CT molecular complexity index is 310. The minimum atomic E-state index is -0.628. The normalized spacial score (nSPS) is 36.8. The van der Waals surface area contributed by atoms with Crippen molar-refractivity contribution in [2.75, 3.05) is 0 Å². The van der Waals surface area contributed by atoms with Crippen LogP contribution in [0.15, 0.2) is 0 Å². The molecule has 0 aromatic heterocycles. The first-order valence-electron chi connectivity index (χ1n) is 8.19. The van der Waals surface area contributed by atoms with E-state index in [0.717, 1.165) is 23.7 Å². The molecule has 110 valence electrons. The second-order valence-corrected chi connectivity index (χ2v) is 7.49. The van der Waals surface area contributed by atoms with Gasteiger partial charge in [-0.3, -0.25) is 4.79 Å². The smallest absolute Gasteiger partial charge is 0.303 e. The van der Waals surface area contributed by atoms with Gasteiger partial charge in [0.2, 0.25) is 0 Å². The van der Waals surface area contributed by atoms with E-state index in [4.69, 9.17) is 5.11 Å². The lowest BCUT2D eigenvalue weighted by molar-refractivity contribution is -0.138. The summed E-state index contributed by atoms with van der Waals surface area (Å²) in [7, 11) is 0. The van der Waals surface area contributed by atoms with Gasteiger partial charge in [-0.15, -0.1) is 0 Å². The van der Waals surface area contributed by atoms with Gasteiger partial charge in [0.25, 0.3) is 0 Å². The molecular formula is C17H30O2. The lowest BCUT2D eigenvalue weighted by Gasteiger charge is -2.22. The first kappa shape index (κ1) is 14.9. The fourth-order valence-electron chi connectivity index (χ4n) is 4.53. The van der Waals surface area contributed by atoms with E-state index in [1.54, 1.807) is 0 Å². The van der Waals surface area contributed by atoms with Crippen molar-refractivity contribution in [3.8, 4) is 0 Å². The van der Waals surface area contributed by atoms with Crippen molar-refractivity contribution < 1.29 is 9.90 Å². The number of aliphatic carboxylic acids is 1. The highest BCUT2D eigenvalue weighted by molar-refractivity contribution is 5.67. The van der Waals surface area contributed by atoms with Crippen LogP contribution in [0.25, 0.3) is 0 Å². The summed E-state index contributed by atoms with van der Waals surface area (Å²) in [5.74, 6) is 4.02. The maximum absolute atomic E-state index is 10.8. The Kier molecular flexibility index (Phi) is 4.92. The zero-order valence-corrected chi connectivity index (χ0v) is 12.8. The van der Waals surface area contributed by atoms with Gasteiger partial charge in [-0.05, 0) is 74.0 Å². The zero-order valence-electron chi connectivity index (χ0n) is 12.8. The first-order valence-corrected chi connectivity index (χ1v) is 8.19. The number of carbonyl (C=O) groups is 1. The zero-order chi connectivity index (χ0) is 14.0. The average molecular weight is 266 g/mol. The Balaban J connectivity index is 1.81. The molecule has 5 unspecified atom stereocenters. The highest BCUT2D eigenvalue weighted by Gasteiger charge is 2.37. The van der Waals surface area contributed by atoms with E-state index >= 15 is 0 Å². The van der Waals surface area contributed by atoms with Gasteiger partial charge in [0, 0.05) is 6.42 Å². The van der Waals surface area contributed by atoms with Crippen molar-refractivity contribution in [3.63, 3.8) is 0 Å². The molecule has 2 aliphatic rings. The molecule has 2 aliphatic carbocycles. The van der Waals surface area contributed by atoms with Crippen LogP contribution in [-0.2, 0) is 4.79 Å². The van der Waals surface area contributed by atoms with Crippen LogP contribution in [0.4, 0.5) is 0 Å². The van der Waals surface area contributed by atoms with Gasteiger partial charge in [-0.1, -0.05) is 20.8 Å². The lowest BCUT2D eigenvalue weighted by Crippen LogP contribution is -2.15. The first-order chi connectivity index (χ1) is 8.97. The Morgan fingerprint density at radius 2 is 1.53 bits per heavy atom. The molecule has 0 radical (unpaired) electrons. The van der Waals surface area contributed by atoms with Crippen molar-refractivity contribution in [1.82, 2.24) is 0 Å². The number of carboxylic acid groups (broad SMARTS) is 1. The molecule has 0 aromatic carbocycles. The van der Waals surface area contributed by atoms with E-state index < -0.39 is 5.97 Å². The van der Waals surface area contributed by atoms with Crippen LogP contribution in [0.3, 0.4) is 0 Å². The van der Waals surface area contributed by atoms with Crippen molar-refractivity contribution in [1.29, 1.82) is 0 Å². The lowest BCUT2D eigenvalue weighted by atomic mass is 9.84. The summed E-state index contributed by atoms with van der Waals surface area (Å²) in [5, 5.41) is 8.92. The van der Waals surface area contributed by atoms with Gasteiger partial charge in [0.05, 0.1) is 0 Å². The summed E-state index contributed by atoms with van der Waals surface area (Å²) in [5.41, 5.74) is 0. The summed E-state index contributed by atoms with van der Waals surface area (Å²) in [4.78, 5) is 10.8. The summed E-state index contributed by atoms with van der Waals surface area (Å²) in [6.45, 7) is 6.85. The summed E-state index contributed by atoms with van der Waals surface area (Å²) in [6, 6.07) is 0. The Labute approximate surface area is 118 Å². The molecule has 2 heteroatoms. The predicted octanol–water partition coefficient (Wildman–Crippen LogP) is 4.59. The SMILES string of the molecule is CC(C)C1CCC(C2CCC(C(C)CC(=O)O)C2)C1. The second-order valence-electron chi connectivity index (χ2n) is 7.49. The van der Waals surface area contributed by atoms with Gasteiger partial charge in [0.1, 0.15) is 0 Å². The molecule has 0 amide bonds. The maximum Gasteiger partial charge on any atom is 0.303 e. The molecule has 0 saturated heterocycles. The largest absolute Gasteiger partial charge is 0.481 e. The van der Waals surface area contributed by atoms with Crippen molar-refractivity contribution in [2.24, 2.45) is 35.5 Å². The summed E-state index contributed by atoms with van der Waals surface area (Å²) in [6.07, 6.45) is 8.55. The molecule has 5 atom stereocenters. The van der Waals surface area contributed by atoms with Gasteiger partial charge >= 0.3 is 5.97 Å². The van der Waals surface area contributed by atoms with E-state index in [-0.39, 0.29) is 0 Å². The second kappa shape index (κ2) is 6.28. The number of rotatable bonds is 5. The molecular weight excluding hydrogens is 236 g/mol. The van der Waals surface area contributed by atoms with Crippen LogP contribution in [0, 0.1) is 35.5 Å². The minimum absolute atomic E-state index is 0.358. The Morgan fingerprint density at radius 3 is 2.00 bits per heavy atom. The Hall–Kier alpha value is -0.530. The quantitative estimate of drug-likeness (QED) is 0.790. The van der Waals surface area contributed by atoms with E-state index in [9.17, 15) is 4.79 Å². The summed E-state index contributed by atoms with van der Waals surface area (Å²) < 4.78 is 0. The average Bonchev–Trinajstić information content (AvgIpc) is 2.97. The van der Waals surface area contributed by atoms with Gasteiger partial charge in [0.15, 0.2) is 0 Å². The summed E-state index contributed by atoms with van der Waals surface area (Å²) >= 11 is 0. The fourth-order valence-corrected chi connectivity index (χ4v) is 4.53. The topological polar surface area (TPSA) is 37.3 Å². The van der Waals surface area contributed by atoms with Gasteiger partial charge in [-0.25, -0.2) is 0 Å². The molecule has 1 N–H and O–H groups in total. The van der Waals surface area contributed by atoms with Crippen LogP contribution in [-0.4, -0.2) is 11.1 Å². The van der Waals surface area contributed by atoms with Crippen LogP contribution >= 0.6 is 0 Å². The predicted molar refractivity (Wildman–Crippen MR) is 77.9 cm³/mol.